The van der Waals surface area contributed by atoms with Gasteiger partial charge in [0.1, 0.15) is 0 Å². The highest BCUT2D eigenvalue weighted by atomic mass is 16.6. The molecular formula is C11H15NO3. The van der Waals surface area contributed by atoms with Crippen LogP contribution in [0.2, 0.25) is 0 Å². The Morgan fingerprint density at radius 2 is 2.20 bits per heavy atom. The summed E-state index contributed by atoms with van der Waals surface area (Å²) in [7, 11) is 1.44. The second kappa shape index (κ2) is 4.77. The zero-order chi connectivity index (χ0) is 11.4. The summed E-state index contributed by atoms with van der Waals surface area (Å²) in [6.07, 6.45) is 0.962. The predicted molar refractivity (Wildman–Crippen MR) is 58.4 cm³/mol. The maximum absolute atomic E-state index is 10.8. The zero-order valence-corrected chi connectivity index (χ0v) is 9.19. The molecule has 1 unspecified atom stereocenters. The van der Waals surface area contributed by atoms with E-state index in [0.717, 1.165) is 12.0 Å². The lowest BCUT2D eigenvalue weighted by atomic mass is 9.98. The van der Waals surface area contributed by atoms with Gasteiger partial charge in [-0.05, 0) is 24.0 Å². The molecule has 0 aromatic heterocycles. The highest BCUT2D eigenvalue weighted by Gasteiger charge is 2.16. The number of nitrogens with zero attached hydrogens (tertiary/aromatic N) is 1. The molecule has 0 spiro atoms. The molecule has 1 aromatic rings. The molecule has 4 heteroatoms. The molecule has 0 bridgehead atoms. The molecule has 0 aliphatic heterocycles. The summed E-state index contributed by atoms with van der Waals surface area (Å²) in [5.74, 6) is 0.640. The lowest BCUT2D eigenvalue weighted by molar-refractivity contribution is -0.385. The number of hydrogen-bond acceptors (Lipinski definition) is 3. The maximum atomic E-state index is 10.8. The van der Waals surface area contributed by atoms with Crippen LogP contribution in [0.4, 0.5) is 5.69 Å². The van der Waals surface area contributed by atoms with E-state index < -0.39 is 4.92 Å². The fraction of sp³-hybridized carbons (Fsp3) is 0.455. The summed E-state index contributed by atoms with van der Waals surface area (Å²) < 4.78 is 4.93. The van der Waals surface area contributed by atoms with E-state index in [2.05, 4.69) is 6.92 Å². The summed E-state index contributed by atoms with van der Waals surface area (Å²) in [5, 5.41) is 10.8. The number of nitro groups is 1. The van der Waals surface area contributed by atoms with Crippen molar-refractivity contribution in [3.8, 4) is 5.75 Å². The van der Waals surface area contributed by atoms with Gasteiger partial charge in [-0.15, -0.1) is 0 Å². The van der Waals surface area contributed by atoms with Crippen molar-refractivity contribution in [2.75, 3.05) is 7.11 Å². The average Bonchev–Trinajstić information content (AvgIpc) is 2.27. The van der Waals surface area contributed by atoms with Gasteiger partial charge in [0, 0.05) is 6.07 Å². The molecule has 0 N–H and O–H groups in total. The fourth-order valence-corrected chi connectivity index (χ4v) is 1.39. The lowest BCUT2D eigenvalue weighted by Crippen LogP contribution is -1.97. The Bertz CT molecular complexity index is 363. The molecular weight excluding hydrogens is 194 g/mol. The van der Waals surface area contributed by atoms with E-state index in [1.807, 2.05) is 13.0 Å². The standard InChI is InChI=1S/C11H15NO3/c1-4-8(2)9-5-6-11(15-3)10(7-9)12(13)14/h5-8H,4H2,1-3H3. The summed E-state index contributed by atoms with van der Waals surface area (Å²) in [4.78, 5) is 10.4. The van der Waals surface area contributed by atoms with Gasteiger partial charge < -0.3 is 4.74 Å². The van der Waals surface area contributed by atoms with Crippen molar-refractivity contribution in [1.82, 2.24) is 0 Å². The van der Waals surface area contributed by atoms with Crippen LogP contribution in [0.25, 0.3) is 0 Å². The van der Waals surface area contributed by atoms with E-state index >= 15 is 0 Å². The molecule has 0 saturated carbocycles. The summed E-state index contributed by atoms with van der Waals surface area (Å²) in [6.45, 7) is 4.10. The van der Waals surface area contributed by atoms with Crippen LogP contribution >= 0.6 is 0 Å². The topological polar surface area (TPSA) is 52.4 Å². The summed E-state index contributed by atoms with van der Waals surface area (Å²) in [6, 6.07) is 5.12. The quantitative estimate of drug-likeness (QED) is 0.565. The van der Waals surface area contributed by atoms with Gasteiger partial charge >= 0.3 is 5.69 Å². The van der Waals surface area contributed by atoms with Crippen LogP contribution in [0.3, 0.4) is 0 Å². The Morgan fingerprint density at radius 1 is 1.53 bits per heavy atom. The second-order valence-electron chi connectivity index (χ2n) is 3.50. The van der Waals surface area contributed by atoms with Crippen molar-refractivity contribution in [2.24, 2.45) is 0 Å². The normalized spacial score (nSPS) is 12.2. The number of ether oxygens (including phenoxy) is 1. The van der Waals surface area contributed by atoms with Crippen LogP contribution in [-0.2, 0) is 0 Å². The Hall–Kier alpha value is -1.58. The van der Waals surface area contributed by atoms with Gasteiger partial charge in [-0.25, -0.2) is 0 Å². The van der Waals surface area contributed by atoms with Gasteiger partial charge in [-0.1, -0.05) is 19.9 Å². The van der Waals surface area contributed by atoms with Crippen molar-refractivity contribution >= 4 is 5.69 Å². The molecule has 15 heavy (non-hydrogen) atoms. The third-order valence-electron chi connectivity index (χ3n) is 2.58. The minimum atomic E-state index is -0.412. The molecule has 1 rings (SSSR count). The average molecular weight is 209 g/mol. The molecule has 0 saturated heterocycles. The largest absolute Gasteiger partial charge is 0.490 e. The van der Waals surface area contributed by atoms with Gasteiger partial charge in [0.25, 0.3) is 0 Å². The van der Waals surface area contributed by atoms with Crippen molar-refractivity contribution in [3.63, 3.8) is 0 Å². The molecule has 0 heterocycles. The minimum Gasteiger partial charge on any atom is -0.490 e. The zero-order valence-electron chi connectivity index (χ0n) is 9.19. The lowest BCUT2D eigenvalue weighted by Gasteiger charge is -2.09. The molecule has 82 valence electrons. The van der Waals surface area contributed by atoms with E-state index in [4.69, 9.17) is 4.74 Å². The van der Waals surface area contributed by atoms with Gasteiger partial charge in [0.05, 0.1) is 12.0 Å². The Morgan fingerprint density at radius 3 is 2.67 bits per heavy atom. The maximum Gasteiger partial charge on any atom is 0.311 e. The van der Waals surface area contributed by atoms with E-state index in [1.54, 1.807) is 12.1 Å². The Balaban J connectivity index is 3.16. The van der Waals surface area contributed by atoms with Gasteiger partial charge in [0.15, 0.2) is 5.75 Å². The second-order valence-corrected chi connectivity index (χ2v) is 3.50. The van der Waals surface area contributed by atoms with Crippen LogP contribution in [0.1, 0.15) is 31.7 Å². The van der Waals surface area contributed by atoms with Crippen LogP contribution in [0, 0.1) is 10.1 Å². The summed E-state index contributed by atoms with van der Waals surface area (Å²) in [5.41, 5.74) is 1.01. The van der Waals surface area contributed by atoms with E-state index in [0.29, 0.717) is 11.7 Å². The monoisotopic (exact) mass is 209 g/mol. The Labute approximate surface area is 89.0 Å². The molecule has 1 atom stereocenters. The van der Waals surface area contributed by atoms with Crippen molar-refractivity contribution in [1.29, 1.82) is 0 Å². The number of nitro benzene ring substituents is 1. The Kier molecular flexibility index (Phi) is 3.66. The fourth-order valence-electron chi connectivity index (χ4n) is 1.39. The first-order valence-electron chi connectivity index (χ1n) is 4.92. The minimum absolute atomic E-state index is 0.0373. The van der Waals surface area contributed by atoms with Crippen molar-refractivity contribution in [2.45, 2.75) is 26.2 Å². The van der Waals surface area contributed by atoms with Crippen LogP contribution < -0.4 is 4.74 Å². The number of benzene rings is 1. The van der Waals surface area contributed by atoms with Crippen LogP contribution in [-0.4, -0.2) is 12.0 Å². The highest BCUT2D eigenvalue weighted by molar-refractivity contribution is 5.49. The van der Waals surface area contributed by atoms with Gasteiger partial charge in [0.2, 0.25) is 0 Å². The van der Waals surface area contributed by atoms with E-state index in [-0.39, 0.29) is 5.69 Å². The number of methoxy groups -OCH3 is 1. The highest BCUT2D eigenvalue weighted by Crippen LogP contribution is 2.31. The first-order chi connectivity index (χ1) is 7.10. The molecule has 1 aromatic carbocycles. The third kappa shape index (κ3) is 2.46. The third-order valence-corrected chi connectivity index (χ3v) is 2.58. The van der Waals surface area contributed by atoms with E-state index in [1.165, 1.54) is 7.11 Å². The van der Waals surface area contributed by atoms with Crippen LogP contribution in [0.5, 0.6) is 5.75 Å². The molecule has 0 fully saturated rings. The van der Waals surface area contributed by atoms with Crippen molar-refractivity contribution < 1.29 is 9.66 Å². The number of hydrogen-bond donors (Lipinski definition) is 0. The molecule has 0 amide bonds. The van der Waals surface area contributed by atoms with Gasteiger partial charge in [-0.3, -0.25) is 10.1 Å². The predicted octanol–water partition coefficient (Wildman–Crippen LogP) is 3.12. The smallest absolute Gasteiger partial charge is 0.311 e. The van der Waals surface area contributed by atoms with Crippen molar-refractivity contribution in [3.05, 3.63) is 33.9 Å². The molecule has 4 nitrogen and oxygen atoms in total. The first kappa shape index (κ1) is 11.5. The van der Waals surface area contributed by atoms with E-state index in [9.17, 15) is 10.1 Å². The van der Waals surface area contributed by atoms with Crippen LogP contribution in [0.15, 0.2) is 18.2 Å². The molecule has 0 aliphatic rings. The first-order valence-corrected chi connectivity index (χ1v) is 4.92. The number of rotatable bonds is 4. The molecule has 0 aliphatic carbocycles. The summed E-state index contributed by atoms with van der Waals surface area (Å²) >= 11 is 0. The molecule has 0 radical (unpaired) electrons. The van der Waals surface area contributed by atoms with Gasteiger partial charge in [-0.2, -0.15) is 0 Å². The SMILES string of the molecule is CCC(C)c1ccc(OC)c([N+](=O)[O-])c1.